The second-order valence-electron chi connectivity index (χ2n) is 4.34. The van der Waals surface area contributed by atoms with Gasteiger partial charge in [0, 0.05) is 11.3 Å². The first-order chi connectivity index (χ1) is 9.70. The monoisotopic (exact) mass is 267 g/mol. The smallest absolute Gasteiger partial charge is 0.271 e. The fourth-order valence-corrected chi connectivity index (χ4v) is 1.80. The summed E-state index contributed by atoms with van der Waals surface area (Å²) in [6, 6.07) is 16.5. The van der Waals surface area contributed by atoms with E-state index in [1.807, 2.05) is 37.3 Å². The van der Waals surface area contributed by atoms with Crippen molar-refractivity contribution in [3.05, 3.63) is 65.7 Å². The number of hydrogen-bond acceptors (Lipinski definition) is 3. The van der Waals surface area contributed by atoms with Gasteiger partial charge in [0.25, 0.3) is 5.91 Å². The molecule has 0 bridgehead atoms. The van der Waals surface area contributed by atoms with Crippen molar-refractivity contribution in [2.24, 2.45) is 5.10 Å². The van der Waals surface area contributed by atoms with Gasteiger partial charge in [-0.2, -0.15) is 5.10 Å². The Morgan fingerprint density at radius 3 is 2.30 bits per heavy atom. The van der Waals surface area contributed by atoms with Crippen LogP contribution in [0.2, 0.25) is 0 Å². The first-order valence-electron chi connectivity index (χ1n) is 6.48. The molecule has 0 aliphatic carbocycles. The normalized spacial score (nSPS) is 11.2. The molecular weight excluding hydrogens is 250 g/mol. The van der Waals surface area contributed by atoms with Crippen molar-refractivity contribution in [2.45, 2.75) is 13.3 Å². The van der Waals surface area contributed by atoms with Crippen LogP contribution < -0.4 is 11.2 Å². The van der Waals surface area contributed by atoms with Gasteiger partial charge in [-0.1, -0.05) is 37.3 Å². The molecule has 0 saturated carbocycles. The van der Waals surface area contributed by atoms with Crippen LogP contribution in [0.25, 0.3) is 0 Å². The van der Waals surface area contributed by atoms with Gasteiger partial charge in [-0.25, -0.2) is 5.43 Å². The van der Waals surface area contributed by atoms with Gasteiger partial charge >= 0.3 is 0 Å². The van der Waals surface area contributed by atoms with Crippen LogP contribution in [0.4, 0.5) is 5.69 Å². The predicted octanol–water partition coefficient (Wildman–Crippen LogP) is 2.81. The number of rotatable bonds is 4. The van der Waals surface area contributed by atoms with Crippen LogP contribution in [0.5, 0.6) is 0 Å². The Hall–Kier alpha value is -2.62. The van der Waals surface area contributed by atoms with Crippen molar-refractivity contribution in [2.75, 3.05) is 5.73 Å². The molecule has 2 rings (SSSR count). The van der Waals surface area contributed by atoms with Gasteiger partial charge in [0.1, 0.15) is 0 Å². The van der Waals surface area contributed by atoms with Crippen LogP contribution in [-0.4, -0.2) is 11.6 Å². The molecular formula is C16H17N3O. The van der Waals surface area contributed by atoms with Crippen LogP contribution in [0, 0.1) is 0 Å². The summed E-state index contributed by atoms with van der Waals surface area (Å²) in [7, 11) is 0. The first kappa shape index (κ1) is 13.8. The molecule has 0 radical (unpaired) electrons. The second-order valence-corrected chi connectivity index (χ2v) is 4.34. The zero-order chi connectivity index (χ0) is 14.4. The summed E-state index contributed by atoms with van der Waals surface area (Å²) in [6.07, 6.45) is 0.742. The number of anilines is 1. The quantitative estimate of drug-likeness (QED) is 0.508. The molecule has 0 aliphatic heterocycles. The molecule has 2 aromatic rings. The number of nitrogens with two attached hydrogens (primary N) is 1. The summed E-state index contributed by atoms with van der Waals surface area (Å²) in [4.78, 5) is 11.9. The Labute approximate surface area is 118 Å². The van der Waals surface area contributed by atoms with E-state index in [4.69, 9.17) is 5.73 Å². The average Bonchev–Trinajstić information content (AvgIpc) is 2.49. The molecule has 0 atom stereocenters. The standard InChI is InChI=1S/C16H17N3O/c1-2-15(12-6-4-3-5-7-12)18-19-16(20)13-8-10-14(17)11-9-13/h3-11H,2,17H2,1H3,(H,19,20)/b18-15-. The Bertz CT molecular complexity index is 603. The Morgan fingerprint density at radius 2 is 1.70 bits per heavy atom. The highest BCUT2D eigenvalue weighted by atomic mass is 16.2. The van der Waals surface area contributed by atoms with Crippen LogP contribution in [-0.2, 0) is 0 Å². The van der Waals surface area contributed by atoms with Crippen molar-refractivity contribution in [1.29, 1.82) is 0 Å². The molecule has 3 N–H and O–H groups in total. The van der Waals surface area contributed by atoms with Gasteiger partial charge in [-0.05, 0) is 36.2 Å². The summed E-state index contributed by atoms with van der Waals surface area (Å²) >= 11 is 0. The lowest BCUT2D eigenvalue weighted by Crippen LogP contribution is -2.19. The predicted molar refractivity (Wildman–Crippen MR) is 81.6 cm³/mol. The molecule has 2 aromatic carbocycles. The van der Waals surface area contributed by atoms with E-state index < -0.39 is 0 Å². The Balaban J connectivity index is 2.11. The fraction of sp³-hybridized carbons (Fsp3) is 0.125. The minimum Gasteiger partial charge on any atom is -0.399 e. The lowest BCUT2D eigenvalue weighted by molar-refractivity contribution is 0.0955. The fourth-order valence-electron chi connectivity index (χ4n) is 1.80. The molecule has 0 heterocycles. The molecule has 4 heteroatoms. The second kappa shape index (κ2) is 6.52. The maximum Gasteiger partial charge on any atom is 0.271 e. The highest BCUT2D eigenvalue weighted by molar-refractivity contribution is 6.02. The van der Waals surface area contributed by atoms with Gasteiger partial charge in [0.05, 0.1) is 5.71 Å². The number of nitrogen functional groups attached to an aromatic ring is 1. The zero-order valence-electron chi connectivity index (χ0n) is 11.3. The highest BCUT2D eigenvalue weighted by Crippen LogP contribution is 2.06. The number of carbonyl (C=O) groups is 1. The maximum absolute atomic E-state index is 11.9. The van der Waals surface area contributed by atoms with E-state index in [1.165, 1.54) is 0 Å². The van der Waals surface area contributed by atoms with Crippen molar-refractivity contribution in [3.8, 4) is 0 Å². The molecule has 4 nitrogen and oxygen atoms in total. The number of nitrogens with one attached hydrogen (secondary N) is 1. The highest BCUT2D eigenvalue weighted by Gasteiger charge is 2.05. The molecule has 0 aliphatic rings. The molecule has 0 unspecified atom stereocenters. The zero-order valence-corrected chi connectivity index (χ0v) is 11.3. The summed E-state index contributed by atoms with van der Waals surface area (Å²) < 4.78 is 0. The number of hydrogen-bond donors (Lipinski definition) is 2. The van der Waals surface area contributed by atoms with Crippen molar-refractivity contribution in [1.82, 2.24) is 5.43 Å². The lowest BCUT2D eigenvalue weighted by Gasteiger charge is -2.05. The lowest BCUT2D eigenvalue weighted by atomic mass is 10.1. The van der Waals surface area contributed by atoms with Gasteiger partial charge in [-0.3, -0.25) is 4.79 Å². The van der Waals surface area contributed by atoms with E-state index in [0.717, 1.165) is 17.7 Å². The van der Waals surface area contributed by atoms with Gasteiger partial charge in [0.2, 0.25) is 0 Å². The van der Waals surface area contributed by atoms with E-state index in [0.29, 0.717) is 11.3 Å². The average molecular weight is 267 g/mol. The first-order valence-corrected chi connectivity index (χ1v) is 6.48. The van der Waals surface area contributed by atoms with Crippen molar-refractivity contribution >= 4 is 17.3 Å². The number of hydrazone groups is 1. The summed E-state index contributed by atoms with van der Waals surface area (Å²) in [6.45, 7) is 2.00. The number of carbonyl (C=O) groups excluding carboxylic acids is 1. The topological polar surface area (TPSA) is 67.5 Å². The number of nitrogens with zero attached hydrogens (tertiary/aromatic N) is 1. The Kier molecular flexibility index (Phi) is 4.50. The van der Waals surface area contributed by atoms with Crippen LogP contribution in [0.3, 0.4) is 0 Å². The molecule has 0 fully saturated rings. The minimum atomic E-state index is -0.244. The van der Waals surface area contributed by atoms with Gasteiger partial charge in [0.15, 0.2) is 0 Å². The molecule has 0 spiro atoms. The van der Waals surface area contributed by atoms with Crippen molar-refractivity contribution < 1.29 is 4.79 Å². The third kappa shape index (κ3) is 3.45. The number of amides is 1. The SMILES string of the molecule is CC/C(=N/NC(=O)c1ccc(N)cc1)c1ccccc1. The third-order valence-electron chi connectivity index (χ3n) is 2.91. The summed E-state index contributed by atoms with van der Waals surface area (Å²) in [5, 5.41) is 4.20. The molecule has 1 amide bonds. The Morgan fingerprint density at radius 1 is 1.05 bits per heavy atom. The maximum atomic E-state index is 11.9. The van der Waals surface area contributed by atoms with E-state index in [2.05, 4.69) is 10.5 Å². The van der Waals surface area contributed by atoms with E-state index >= 15 is 0 Å². The molecule has 20 heavy (non-hydrogen) atoms. The van der Waals surface area contributed by atoms with E-state index in [1.54, 1.807) is 24.3 Å². The van der Waals surface area contributed by atoms with Crippen molar-refractivity contribution in [3.63, 3.8) is 0 Å². The molecule has 102 valence electrons. The van der Waals surface area contributed by atoms with Gasteiger partial charge < -0.3 is 5.73 Å². The third-order valence-corrected chi connectivity index (χ3v) is 2.91. The minimum absolute atomic E-state index is 0.244. The van der Waals surface area contributed by atoms with E-state index in [9.17, 15) is 4.79 Å². The van der Waals surface area contributed by atoms with E-state index in [-0.39, 0.29) is 5.91 Å². The van der Waals surface area contributed by atoms with Crippen LogP contribution in [0.1, 0.15) is 29.3 Å². The van der Waals surface area contributed by atoms with Gasteiger partial charge in [-0.15, -0.1) is 0 Å². The molecule has 0 aromatic heterocycles. The van der Waals surface area contributed by atoms with Crippen LogP contribution >= 0.6 is 0 Å². The number of benzene rings is 2. The van der Waals surface area contributed by atoms with Crippen LogP contribution in [0.15, 0.2) is 59.7 Å². The largest absolute Gasteiger partial charge is 0.399 e. The summed E-state index contributed by atoms with van der Waals surface area (Å²) in [5.74, 6) is -0.244. The molecule has 0 saturated heterocycles. The summed E-state index contributed by atoms with van der Waals surface area (Å²) in [5.41, 5.74) is 11.2.